The number of carbonyl (C=O) groups excluding carboxylic acids is 1. The normalized spacial score (nSPS) is 12.4. The molecule has 134 valence electrons. The van der Waals surface area contributed by atoms with Crippen LogP contribution in [0.3, 0.4) is 0 Å². The van der Waals surface area contributed by atoms with Gasteiger partial charge in [0.15, 0.2) is 0 Å². The van der Waals surface area contributed by atoms with E-state index in [1.165, 1.54) is 7.11 Å². The van der Waals surface area contributed by atoms with Gasteiger partial charge in [-0.05, 0) is 28.8 Å². The topological polar surface area (TPSA) is 59.6 Å². The average Bonchev–Trinajstić information content (AvgIpc) is 2.52. The highest BCUT2D eigenvalue weighted by molar-refractivity contribution is 6.77. The quantitative estimate of drug-likeness (QED) is 0.525. The van der Waals surface area contributed by atoms with E-state index in [4.69, 9.17) is 16.4 Å². The number of rotatable bonds is 8. The summed E-state index contributed by atoms with van der Waals surface area (Å²) in [4.78, 5) is 16.8. The lowest BCUT2D eigenvalue weighted by molar-refractivity contribution is 0.0781. The first-order chi connectivity index (χ1) is 11.1. The third-order valence-electron chi connectivity index (χ3n) is 4.01. The molecule has 0 saturated carbocycles. The minimum Gasteiger partial charge on any atom is -0.453 e. The van der Waals surface area contributed by atoms with Crippen LogP contribution in [0.15, 0.2) is 24.8 Å². The van der Waals surface area contributed by atoms with Crippen molar-refractivity contribution in [3.63, 3.8) is 0 Å². The summed E-state index contributed by atoms with van der Waals surface area (Å²) < 4.78 is 4.55. The number of halogens is 1. The molecule has 5 nitrogen and oxygen atoms in total. The molecular formula is C17H27ClN2O3Si. The number of methoxy groups -OCH3 is 1. The minimum atomic E-state index is -1.22. The van der Waals surface area contributed by atoms with Gasteiger partial charge in [0.25, 0.3) is 0 Å². The summed E-state index contributed by atoms with van der Waals surface area (Å²) in [5, 5.41) is 3.17. The Labute approximate surface area is 150 Å². The lowest BCUT2D eigenvalue weighted by Gasteiger charge is -2.25. The van der Waals surface area contributed by atoms with Gasteiger partial charge in [-0.2, -0.15) is 0 Å². The first kappa shape index (κ1) is 20.5. The molecule has 0 aliphatic carbocycles. The molecule has 0 radical (unpaired) electrons. The SMILES string of the molecule is C=C(NOCC(C)[Si](C)(C)C)c1ccc(Cl)c(CNC(=O)OC)c1. The van der Waals surface area contributed by atoms with Gasteiger partial charge in [0.05, 0.1) is 19.4 Å². The van der Waals surface area contributed by atoms with Crippen LogP contribution in [-0.2, 0) is 16.1 Å². The monoisotopic (exact) mass is 370 g/mol. The smallest absolute Gasteiger partial charge is 0.407 e. The largest absolute Gasteiger partial charge is 0.453 e. The zero-order chi connectivity index (χ0) is 18.3. The van der Waals surface area contributed by atoms with Crippen molar-refractivity contribution in [2.75, 3.05) is 13.7 Å². The predicted octanol–water partition coefficient (Wildman–Crippen LogP) is 4.42. The van der Waals surface area contributed by atoms with E-state index >= 15 is 0 Å². The number of hydrogen-bond donors (Lipinski definition) is 2. The lowest BCUT2D eigenvalue weighted by atomic mass is 10.1. The second kappa shape index (κ2) is 9.10. The van der Waals surface area contributed by atoms with Crippen LogP contribution < -0.4 is 10.8 Å². The maximum Gasteiger partial charge on any atom is 0.407 e. The summed E-state index contributed by atoms with van der Waals surface area (Å²) in [5.74, 6) is 0. The number of benzene rings is 1. The van der Waals surface area contributed by atoms with Crippen molar-refractivity contribution in [2.45, 2.75) is 38.7 Å². The Morgan fingerprint density at radius 3 is 2.62 bits per heavy atom. The molecule has 7 heteroatoms. The molecule has 24 heavy (non-hydrogen) atoms. The average molecular weight is 371 g/mol. The molecule has 0 fully saturated rings. The van der Waals surface area contributed by atoms with Crippen LogP contribution in [0.1, 0.15) is 18.1 Å². The Morgan fingerprint density at radius 1 is 1.38 bits per heavy atom. The van der Waals surface area contributed by atoms with E-state index in [9.17, 15) is 4.79 Å². The van der Waals surface area contributed by atoms with Crippen LogP contribution in [0.5, 0.6) is 0 Å². The molecule has 2 N–H and O–H groups in total. The molecule has 1 unspecified atom stereocenters. The molecule has 0 aromatic heterocycles. The molecule has 1 atom stereocenters. The summed E-state index contributed by atoms with van der Waals surface area (Å²) in [6.07, 6.45) is -0.503. The van der Waals surface area contributed by atoms with Crippen LogP contribution >= 0.6 is 11.6 Å². The van der Waals surface area contributed by atoms with Crippen LogP contribution in [0.25, 0.3) is 5.70 Å². The van der Waals surface area contributed by atoms with Crippen LogP contribution in [0, 0.1) is 0 Å². The molecule has 0 heterocycles. The van der Waals surface area contributed by atoms with Crippen LogP contribution in [0.2, 0.25) is 30.2 Å². The molecule has 0 saturated heterocycles. The number of hydroxylamine groups is 1. The van der Waals surface area contributed by atoms with E-state index in [-0.39, 0.29) is 6.54 Å². The molecule has 0 aliphatic rings. The van der Waals surface area contributed by atoms with E-state index in [1.54, 1.807) is 6.07 Å². The molecule has 1 rings (SSSR count). The van der Waals surface area contributed by atoms with Crippen LogP contribution in [0.4, 0.5) is 4.79 Å². The third kappa shape index (κ3) is 6.55. The standard InChI is InChI=1S/C17H27ClN2O3Si/c1-12(24(4,5)6)11-23-20-13(2)14-7-8-16(18)15(9-14)10-19-17(21)22-3/h7-9,12,20H,2,10-11H2,1,3-6H3,(H,19,21). The molecule has 0 aliphatic heterocycles. The van der Waals surface area contributed by atoms with Crippen molar-refractivity contribution in [1.29, 1.82) is 0 Å². The summed E-state index contributed by atoms with van der Waals surface area (Å²) in [6, 6.07) is 5.48. The van der Waals surface area contributed by atoms with Gasteiger partial charge in [0.1, 0.15) is 0 Å². The highest BCUT2D eigenvalue weighted by atomic mass is 35.5. The maximum absolute atomic E-state index is 11.2. The van der Waals surface area contributed by atoms with E-state index in [0.717, 1.165) is 11.1 Å². The van der Waals surface area contributed by atoms with E-state index < -0.39 is 14.2 Å². The van der Waals surface area contributed by atoms with Gasteiger partial charge in [-0.1, -0.05) is 50.8 Å². The fourth-order valence-electron chi connectivity index (χ4n) is 1.70. The van der Waals surface area contributed by atoms with Crippen molar-refractivity contribution in [1.82, 2.24) is 10.8 Å². The number of nitrogens with one attached hydrogen (secondary N) is 2. The molecule has 1 amide bonds. The number of ether oxygens (including phenoxy) is 1. The molecular weight excluding hydrogens is 344 g/mol. The summed E-state index contributed by atoms with van der Waals surface area (Å²) in [5.41, 5.74) is 5.70. The van der Waals surface area contributed by atoms with E-state index in [2.05, 4.69) is 48.7 Å². The Balaban J connectivity index is 2.63. The Hall–Kier alpha value is -1.50. The minimum absolute atomic E-state index is 0.278. The van der Waals surface area contributed by atoms with Gasteiger partial charge in [-0.15, -0.1) is 0 Å². The fourth-order valence-corrected chi connectivity index (χ4v) is 2.47. The summed E-state index contributed by atoms with van der Waals surface area (Å²) >= 11 is 6.15. The molecule has 0 bridgehead atoms. The van der Waals surface area contributed by atoms with Crippen molar-refractivity contribution in [2.24, 2.45) is 0 Å². The molecule has 1 aromatic rings. The third-order valence-corrected chi connectivity index (χ3v) is 7.50. The first-order valence-corrected chi connectivity index (χ1v) is 11.8. The van der Waals surface area contributed by atoms with E-state index in [0.29, 0.717) is 22.9 Å². The van der Waals surface area contributed by atoms with Gasteiger partial charge in [-0.25, -0.2) is 4.79 Å². The van der Waals surface area contributed by atoms with Gasteiger partial charge in [0, 0.05) is 19.6 Å². The first-order valence-electron chi connectivity index (χ1n) is 7.82. The zero-order valence-electron chi connectivity index (χ0n) is 15.0. The maximum atomic E-state index is 11.2. The fraction of sp³-hybridized carbons (Fsp3) is 0.471. The number of carbonyl (C=O) groups is 1. The van der Waals surface area contributed by atoms with Crippen molar-refractivity contribution < 1.29 is 14.4 Å². The second-order valence-corrected chi connectivity index (χ2v) is 12.9. The summed E-state index contributed by atoms with van der Waals surface area (Å²) in [7, 11) is 0.0997. The molecule has 1 aromatic carbocycles. The van der Waals surface area contributed by atoms with Crippen molar-refractivity contribution in [3.05, 3.63) is 40.9 Å². The lowest BCUT2D eigenvalue weighted by Crippen LogP contribution is -2.31. The van der Waals surface area contributed by atoms with Gasteiger partial charge in [0.2, 0.25) is 0 Å². The molecule has 0 spiro atoms. The summed E-state index contributed by atoms with van der Waals surface area (Å²) in [6.45, 7) is 14.1. The highest BCUT2D eigenvalue weighted by Gasteiger charge is 2.22. The number of amides is 1. The second-order valence-electron chi connectivity index (χ2n) is 6.81. The Bertz CT molecular complexity index is 588. The highest BCUT2D eigenvalue weighted by Crippen LogP contribution is 2.22. The van der Waals surface area contributed by atoms with Crippen LogP contribution in [-0.4, -0.2) is 27.9 Å². The zero-order valence-corrected chi connectivity index (χ0v) is 16.8. The van der Waals surface area contributed by atoms with Crippen molar-refractivity contribution in [3.8, 4) is 0 Å². The van der Waals surface area contributed by atoms with Gasteiger partial charge >= 0.3 is 6.09 Å². The predicted molar refractivity (Wildman–Crippen MR) is 102 cm³/mol. The van der Waals surface area contributed by atoms with Gasteiger partial charge in [-0.3, -0.25) is 10.3 Å². The number of hydrogen-bond acceptors (Lipinski definition) is 4. The van der Waals surface area contributed by atoms with E-state index in [1.807, 2.05) is 12.1 Å². The van der Waals surface area contributed by atoms with Crippen molar-refractivity contribution >= 4 is 31.5 Å². The Morgan fingerprint density at radius 2 is 2.04 bits per heavy atom. The Kier molecular flexibility index (Phi) is 7.79. The number of alkyl carbamates (subject to hydrolysis) is 1. The van der Waals surface area contributed by atoms with Gasteiger partial charge < -0.3 is 10.1 Å².